The minimum absolute atomic E-state index is 0.826. The van der Waals surface area contributed by atoms with Crippen LogP contribution in [-0.4, -0.2) is 0 Å². The van der Waals surface area contributed by atoms with Crippen LogP contribution in [0.15, 0.2) is 66.7 Å². The first kappa shape index (κ1) is 19.7. The Morgan fingerprint density at radius 1 is 0.923 bits per heavy atom. The average Bonchev–Trinajstić information content (AvgIpc) is 3.05. The van der Waals surface area contributed by atoms with Crippen molar-refractivity contribution in [1.82, 2.24) is 0 Å². The molecule has 0 heterocycles. The first-order valence-electron chi connectivity index (χ1n) is 8.83. The van der Waals surface area contributed by atoms with Gasteiger partial charge in [-0.15, -0.1) is 34.5 Å². The Balaban J connectivity index is 0.000000613. The molecule has 4 rings (SSSR count). The molecular weight excluding hydrogens is 438 g/mol. The molecule has 0 N–H and O–H groups in total. The fourth-order valence-corrected chi connectivity index (χ4v) is 3.69. The van der Waals surface area contributed by atoms with E-state index in [2.05, 4.69) is 80.6 Å². The van der Waals surface area contributed by atoms with Crippen molar-refractivity contribution in [3.8, 4) is 11.1 Å². The fraction of sp³-hybridized carbons (Fsp3) is 0.174. The molecule has 0 fully saturated rings. The van der Waals surface area contributed by atoms with E-state index in [1.54, 1.807) is 0 Å². The van der Waals surface area contributed by atoms with E-state index in [1.807, 2.05) is 0 Å². The molecular formula is C23H21Cl2Zr-. The van der Waals surface area contributed by atoms with Crippen LogP contribution >= 0.6 is 17.0 Å². The third kappa shape index (κ3) is 4.11. The summed E-state index contributed by atoms with van der Waals surface area (Å²) in [5.74, 6) is 0. The normalized spacial score (nSPS) is 10.6. The van der Waals surface area contributed by atoms with Gasteiger partial charge in [0.15, 0.2) is 0 Å². The van der Waals surface area contributed by atoms with Crippen LogP contribution in [0.4, 0.5) is 0 Å². The summed E-state index contributed by atoms with van der Waals surface area (Å²) in [6.07, 6.45) is 2.35. The van der Waals surface area contributed by atoms with Crippen molar-refractivity contribution in [2.24, 2.45) is 0 Å². The van der Waals surface area contributed by atoms with E-state index in [0.29, 0.717) is 0 Å². The quantitative estimate of drug-likeness (QED) is 0.272. The molecule has 0 unspecified atom stereocenters. The van der Waals surface area contributed by atoms with Crippen LogP contribution < -0.4 is 0 Å². The van der Waals surface area contributed by atoms with Crippen LogP contribution in [-0.2, 0) is 27.3 Å². The first-order valence-corrected chi connectivity index (χ1v) is 15.2. The van der Waals surface area contributed by atoms with Gasteiger partial charge in [-0.2, -0.15) is 6.07 Å². The summed E-state index contributed by atoms with van der Waals surface area (Å²) in [5, 5.41) is 5.40. The molecule has 4 aromatic carbocycles. The number of fused-ring (bicyclic) bond motifs is 2. The van der Waals surface area contributed by atoms with Gasteiger partial charge in [0.05, 0.1) is 0 Å². The zero-order chi connectivity index (χ0) is 18.5. The van der Waals surface area contributed by atoms with Crippen LogP contribution in [0.2, 0.25) is 0 Å². The molecule has 0 aliphatic heterocycles. The molecule has 3 heteroatoms. The van der Waals surface area contributed by atoms with Gasteiger partial charge in [-0.1, -0.05) is 61.4 Å². The number of benzene rings is 3. The molecule has 0 aliphatic rings. The summed E-state index contributed by atoms with van der Waals surface area (Å²) in [5.41, 5.74) is 5.53. The number of hydrogen-bond acceptors (Lipinski definition) is 0. The fourth-order valence-electron chi connectivity index (χ4n) is 3.69. The Bertz CT molecular complexity index is 1020. The second-order valence-corrected chi connectivity index (χ2v) is 10.2. The third-order valence-corrected chi connectivity index (χ3v) is 4.76. The predicted molar refractivity (Wildman–Crippen MR) is 113 cm³/mol. The summed E-state index contributed by atoms with van der Waals surface area (Å²) < 4.78 is 0. The minimum atomic E-state index is -0.826. The van der Waals surface area contributed by atoms with Gasteiger partial charge in [0, 0.05) is 0 Å². The van der Waals surface area contributed by atoms with Crippen LogP contribution in [0.5, 0.6) is 0 Å². The summed E-state index contributed by atoms with van der Waals surface area (Å²) in [6, 6.07) is 24.6. The first-order chi connectivity index (χ1) is 12.7. The molecule has 0 bridgehead atoms. The standard InChI is InChI=1S/C23H21.2ClH.Zr/c1-3-7-17-14-19-9-6-11-21(22(19)15-17)23-16(2)12-13-18-8-4-5-10-20(18)23;;;/h4-6,8-15H,3,7H2,1-2H3;2*1H;/q-1;;;+2/p-2. The molecule has 0 radical (unpaired) electrons. The monoisotopic (exact) mass is 457 g/mol. The number of aryl methyl sites for hydroxylation is 2. The van der Waals surface area contributed by atoms with Gasteiger partial charge >= 0.3 is 37.9 Å². The van der Waals surface area contributed by atoms with Crippen molar-refractivity contribution in [1.29, 1.82) is 0 Å². The third-order valence-electron chi connectivity index (χ3n) is 4.76. The molecule has 0 aromatic heterocycles. The number of halogens is 2. The maximum absolute atomic E-state index is 4.93. The Morgan fingerprint density at radius 2 is 1.69 bits per heavy atom. The molecule has 0 nitrogen and oxygen atoms in total. The van der Waals surface area contributed by atoms with E-state index >= 15 is 0 Å². The van der Waals surface area contributed by atoms with Crippen LogP contribution in [0.3, 0.4) is 0 Å². The van der Waals surface area contributed by atoms with E-state index in [-0.39, 0.29) is 0 Å². The Kier molecular flexibility index (Phi) is 7.04. The van der Waals surface area contributed by atoms with Gasteiger partial charge in [0.1, 0.15) is 0 Å². The average molecular weight is 460 g/mol. The van der Waals surface area contributed by atoms with Gasteiger partial charge in [0.2, 0.25) is 0 Å². The van der Waals surface area contributed by atoms with Crippen molar-refractivity contribution in [2.75, 3.05) is 0 Å². The molecule has 0 aliphatic carbocycles. The molecule has 0 amide bonds. The van der Waals surface area contributed by atoms with E-state index in [4.69, 9.17) is 17.0 Å². The van der Waals surface area contributed by atoms with Gasteiger partial charge in [-0.25, -0.2) is 0 Å². The zero-order valence-corrected chi connectivity index (χ0v) is 19.0. The van der Waals surface area contributed by atoms with Gasteiger partial charge in [-0.3, -0.25) is 0 Å². The zero-order valence-electron chi connectivity index (χ0n) is 15.0. The predicted octanol–water partition coefficient (Wildman–Crippen LogP) is 8.02. The number of rotatable bonds is 3. The molecule has 132 valence electrons. The second-order valence-electron chi connectivity index (χ2n) is 6.47. The molecule has 0 spiro atoms. The summed E-state index contributed by atoms with van der Waals surface area (Å²) in [6.45, 7) is 4.46. The summed E-state index contributed by atoms with van der Waals surface area (Å²) >= 11 is -0.826. The van der Waals surface area contributed by atoms with E-state index in [1.165, 1.54) is 50.2 Å². The second kappa shape index (κ2) is 9.27. The Hall–Kier alpha value is -1.01. The van der Waals surface area contributed by atoms with E-state index in [9.17, 15) is 0 Å². The van der Waals surface area contributed by atoms with E-state index in [0.717, 1.165) is 6.42 Å². The molecule has 0 saturated heterocycles. The van der Waals surface area contributed by atoms with Crippen molar-refractivity contribution in [3.63, 3.8) is 0 Å². The summed E-state index contributed by atoms with van der Waals surface area (Å²) in [7, 11) is 9.87. The van der Waals surface area contributed by atoms with Crippen molar-refractivity contribution in [2.45, 2.75) is 26.7 Å². The maximum atomic E-state index is 4.93. The van der Waals surface area contributed by atoms with Gasteiger partial charge in [0.25, 0.3) is 0 Å². The number of hydrogen-bond donors (Lipinski definition) is 0. The molecule has 0 saturated carbocycles. The van der Waals surface area contributed by atoms with Crippen molar-refractivity contribution in [3.05, 3.63) is 77.9 Å². The molecule has 26 heavy (non-hydrogen) atoms. The van der Waals surface area contributed by atoms with Crippen LogP contribution in [0.25, 0.3) is 32.7 Å². The topological polar surface area (TPSA) is 0 Å². The van der Waals surface area contributed by atoms with Crippen molar-refractivity contribution < 1.29 is 20.8 Å². The SMILES string of the molecule is CCCc1cc2c(-c3c(C)ccc4ccccc34)cccc2[cH-]1.[Cl][Zr][Cl]. The Labute approximate surface area is 174 Å². The van der Waals surface area contributed by atoms with Gasteiger partial charge in [-0.05, 0) is 35.2 Å². The molecule has 4 aromatic rings. The summed E-state index contributed by atoms with van der Waals surface area (Å²) in [4.78, 5) is 0. The van der Waals surface area contributed by atoms with Gasteiger partial charge < -0.3 is 0 Å². The van der Waals surface area contributed by atoms with Crippen molar-refractivity contribution >= 4 is 38.6 Å². The van der Waals surface area contributed by atoms with Crippen LogP contribution in [0, 0.1) is 6.92 Å². The Morgan fingerprint density at radius 3 is 2.46 bits per heavy atom. The molecule has 0 atom stereocenters. The van der Waals surface area contributed by atoms with Crippen LogP contribution in [0.1, 0.15) is 24.5 Å². The van der Waals surface area contributed by atoms with E-state index < -0.39 is 20.8 Å².